The molecule has 0 aliphatic carbocycles. The van der Waals surface area contributed by atoms with E-state index in [0.717, 1.165) is 5.56 Å². The Labute approximate surface area is 240 Å². The molecule has 1 heterocycles. The van der Waals surface area contributed by atoms with Crippen molar-refractivity contribution in [2.75, 3.05) is 25.7 Å². The predicted octanol–water partition coefficient (Wildman–Crippen LogP) is 6.38. The van der Waals surface area contributed by atoms with E-state index < -0.39 is 11.9 Å². The van der Waals surface area contributed by atoms with Gasteiger partial charge in [0.15, 0.2) is 16.6 Å². The van der Waals surface area contributed by atoms with Gasteiger partial charge in [-0.05, 0) is 66.3 Å². The van der Waals surface area contributed by atoms with Crippen molar-refractivity contribution in [2.24, 2.45) is 0 Å². The quantitative estimate of drug-likeness (QED) is 0.171. The molecule has 1 amide bonds. The number of hydrogen-bond acceptors (Lipinski definition) is 6. The number of ether oxygens (including phenoxy) is 3. The van der Waals surface area contributed by atoms with Crippen molar-refractivity contribution in [2.45, 2.75) is 6.61 Å². The Hall–Kier alpha value is -3.30. The van der Waals surface area contributed by atoms with Crippen LogP contribution in [0.25, 0.3) is 6.08 Å². The molecule has 0 unspecified atom stereocenters. The Bertz CT molecular complexity index is 1430. The van der Waals surface area contributed by atoms with Crippen LogP contribution >= 0.6 is 47.0 Å². The van der Waals surface area contributed by atoms with E-state index in [0.29, 0.717) is 32.8 Å². The lowest BCUT2D eigenvalue weighted by Gasteiger charge is -2.19. The first-order valence-electron chi connectivity index (χ1n) is 11.2. The van der Waals surface area contributed by atoms with Crippen LogP contribution in [-0.2, 0) is 20.9 Å². The third-order valence-corrected chi connectivity index (χ3v) is 6.92. The molecule has 196 valence electrons. The summed E-state index contributed by atoms with van der Waals surface area (Å²) in [5.41, 5.74) is 1.96. The van der Waals surface area contributed by atoms with E-state index in [1.165, 1.54) is 24.0 Å². The second-order valence-electron chi connectivity index (χ2n) is 8.01. The molecular weight excluding hydrogens is 571 g/mol. The van der Waals surface area contributed by atoms with Gasteiger partial charge >= 0.3 is 5.97 Å². The first-order valence-corrected chi connectivity index (χ1v) is 12.7. The molecule has 38 heavy (non-hydrogen) atoms. The van der Waals surface area contributed by atoms with Gasteiger partial charge in [0.25, 0.3) is 5.91 Å². The molecule has 0 bridgehead atoms. The second-order valence-corrected chi connectivity index (χ2v) is 9.62. The van der Waals surface area contributed by atoms with Gasteiger partial charge in [-0.15, -0.1) is 0 Å². The van der Waals surface area contributed by atoms with E-state index >= 15 is 0 Å². The van der Waals surface area contributed by atoms with E-state index in [1.54, 1.807) is 48.5 Å². The van der Waals surface area contributed by atoms with Crippen LogP contribution in [0, 0.1) is 0 Å². The largest absolute Gasteiger partial charge is 0.493 e. The number of amides is 1. The van der Waals surface area contributed by atoms with Crippen molar-refractivity contribution >= 4 is 75.8 Å². The van der Waals surface area contributed by atoms with Crippen LogP contribution in [0.3, 0.4) is 0 Å². The number of carbonyl (C=O) groups is 2. The molecule has 0 saturated carbocycles. The topological polar surface area (TPSA) is 68.3 Å². The molecule has 11 heteroatoms. The Morgan fingerprint density at radius 2 is 1.71 bits per heavy atom. The molecule has 0 atom stereocenters. The highest BCUT2D eigenvalue weighted by Crippen LogP contribution is 2.39. The van der Waals surface area contributed by atoms with E-state index in [1.807, 2.05) is 18.2 Å². The van der Waals surface area contributed by atoms with E-state index in [9.17, 15) is 9.59 Å². The van der Waals surface area contributed by atoms with Crippen LogP contribution in [0.5, 0.6) is 11.5 Å². The molecule has 1 saturated heterocycles. The average molecular weight is 592 g/mol. The number of rotatable bonds is 8. The van der Waals surface area contributed by atoms with Gasteiger partial charge in [0.1, 0.15) is 18.8 Å². The monoisotopic (exact) mass is 590 g/mol. The van der Waals surface area contributed by atoms with Gasteiger partial charge in [-0.25, -0.2) is 0 Å². The lowest BCUT2D eigenvalue weighted by molar-refractivity contribution is -0.140. The number of anilines is 1. The zero-order chi connectivity index (χ0) is 27.4. The molecule has 0 radical (unpaired) electrons. The zero-order valence-electron chi connectivity index (χ0n) is 20.2. The van der Waals surface area contributed by atoms with Crippen molar-refractivity contribution < 1.29 is 23.8 Å². The smallest absolute Gasteiger partial charge is 0.325 e. The fourth-order valence-corrected chi connectivity index (χ4v) is 4.67. The van der Waals surface area contributed by atoms with Crippen LogP contribution in [0.4, 0.5) is 5.69 Å². The average Bonchev–Trinajstić information content (AvgIpc) is 3.13. The third kappa shape index (κ3) is 5.89. The Kier molecular flexibility index (Phi) is 8.79. The lowest BCUT2D eigenvalue weighted by Crippen LogP contribution is -2.35. The fraction of sp³-hybridized carbons (Fsp3) is 0.148. The second kappa shape index (κ2) is 12.0. The summed E-state index contributed by atoms with van der Waals surface area (Å²) in [6, 6.07) is 17.2. The minimum atomic E-state index is -0.567. The summed E-state index contributed by atoms with van der Waals surface area (Å²) in [6.07, 6.45) is 1.57. The Balaban J connectivity index is 1.70. The minimum Gasteiger partial charge on any atom is -0.493 e. The van der Waals surface area contributed by atoms with Gasteiger partial charge in [-0.3, -0.25) is 14.5 Å². The number of methoxy groups -OCH3 is 2. The highest BCUT2D eigenvalue weighted by Gasteiger charge is 2.40. The van der Waals surface area contributed by atoms with Gasteiger partial charge in [0.05, 0.1) is 24.9 Å². The van der Waals surface area contributed by atoms with Crippen LogP contribution < -0.4 is 14.4 Å². The highest BCUT2D eigenvalue weighted by molar-refractivity contribution is 7.80. The lowest BCUT2D eigenvalue weighted by atomic mass is 10.1. The van der Waals surface area contributed by atoms with Gasteiger partial charge in [0, 0.05) is 15.6 Å². The zero-order valence-corrected chi connectivity index (χ0v) is 23.3. The summed E-state index contributed by atoms with van der Waals surface area (Å²) in [6.45, 7) is -0.0905. The predicted molar refractivity (Wildman–Crippen MR) is 152 cm³/mol. The molecule has 3 aromatic rings. The van der Waals surface area contributed by atoms with Crippen molar-refractivity contribution in [3.63, 3.8) is 0 Å². The highest BCUT2D eigenvalue weighted by atomic mass is 35.5. The molecule has 1 aliphatic heterocycles. The Morgan fingerprint density at radius 1 is 1.00 bits per heavy atom. The number of nitrogens with zero attached hydrogens (tertiary/aromatic N) is 2. The van der Waals surface area contributed by atoms with Gasteiger partial charge < -0.3 is 19.1 Å². The van der Waals surface area contributed by atoms with Crippen molar-refractivity contribution in [1.29, 1.82) is 0 Å². The molecule has 1 fully saturated rings. The summed E-state index contributed by atoms with van der Waals surface area (Å²) >= 11 is 24.4. The third-order valence-electron chi connectivity index (χ3n) is 5.62. The fourth-order valence-electron chi connectivity index (χ4n) is 3.73. The van der Waals surface area contributed by atoms with Gasteiger partial charge in [-0.1, -0.05) is 53.0 Å². The number of esters is 1. The molecule has 1 aliphatic rings. The number of benzene rings is 3. The standard InChI is InChI=1S/C27H21Cl3N2O5S/c1-35-23-13-16(11-21(30)25(23)37-15-17-5-3-4-6-20(17)29)12-22-26(34)32(19-9-7-18(28)8-10-19)27(38)31(22)14-24(33)36-2/h3-13H,14-15H2,1-2H3/b22-12-. The molecule has 0 N–H and O–H groups in total. The minimum absolute atomic E-state index is 0.117. The van der Waals surface area contributed by atoms with Gasteiger partial charge in [-0.2, -0.15) is 0 Å². The SMILES string of the molecule is COC(=O)CN1C(=S)N(c2ccc(Cl)cc2)C(=O)/C1=C/c1cc(Cl)c(OCc2ccccc2Cl)c(OC)c1. The van der Waals surface area contributed by atoms with E-state index in [4.69, 9.17) is 61.2 Å². The summed E-state index contributed by atoms with van der Waals surface area (Å²) < 4.78 is 16.2. The van der Waals surface area contributed by atoms with Crippen molar-refractivity contribution in [3.05, 3.63) is 92.6 Å². The molecule has 3 aromatic carbocycles. The Morgan fingerprint density at radius 3 is 2.37 bits per heavy atom. The summed E-state index contributed by atoms with van der Waals surface area (Å²) in [5.74, 6) is -0.337. The maximum absolute atomic E-state index is 13.5. The number of carbonyl (C=O) groups excluding carboxylic acids is 2. The first kappa shape index (κ1) is 27.7. The van der Waals surface area contributed by atoms with Crippen molar-refractivity contribution in [1.82, 2.24) is 4.90 Å². The molecule has 0 spiro atoms. The number of hydrogen-bond donors (Lipinski definition) is 0. The van der Waals surface area contributed by atoms with Crippen molar-refractivity contribution in [3.8, 4) is 11.5 Å². The molecular formula is C27H21Cl3N2O5S. The van der Waals surface area contributed by atoms with Crippen LogP contribution in [0.2, 0.25) is 15.1 Å². The van der Waals surface area contributed by atoms with E-state index in [-0.39, 0.29) is 29.0 Å². The maximum Gasteiger partial charge on any atom is 0.325 e. The summed E-state index contributed by atoms with van der Waals surface area (Å²) in [4.78, 5) is 28.4. The molecule has 7 nitrogen and oxygen atoms in total. The van der Waals surface area contributed by atoms with Gasteiger partial charge in [0.2, 0.25) is 0 Å². The maximum atomic E-state index is 13.5. The van der Waals surface area contributed by atoms with Crippen LogP contribution in [-0.4, -0.2) is 42.7 Å². The molecule has 0 aromatic heterocycles. The summed E-state index contributed by atoms with van der Waals surface area (Å²) in [5, 5.41) is 1.44. The molecule has 4 rings (SSSR count). The number of halogens is 3. The van der Waals surface area contributed by atoms with Crippen LogP contribution in [0.1, 0.15) is 11.1 Å². The first-order chi connectivity index (χ1) is 18.2. The number of thiocarbonyl (C=S) groups is 1. The summed E-state index contributed by atoms with van der Waals surface area (Å²) in [7, 11) is 2.74. The van der Waals surface area contributed by atoms with Crippen LogP contribution in [0.15, 0.2) is 66.4 Å². The van der Waals surface area contributed by atoms with E-state index in [2.05, 4.69) is 0 Å². The normalized spacial score (nSPS) is 14.3.